The zero-order valence-electron chi connectivity index (χ0n) is 11.5. The van der Waals surface area contributed by atoms with E-state index in [9.17, 15) is 0 Å². The number of rotatable bonds is 3. The SMILES string of the molecule is COc1ccc2c(c1)CN(Cc1ccccc1)C=CO2. The molecule has 2 aromatic carbocycles. The number of hydrogen-bond acceptors (Lipinski definition) is 3. The summed E-state index contributed by atoms with van der Waals surface area (Å²) in [5, 5.41) is 0. The largest absolute Gasteiger partial charge is 0.497 e. The third-order valence-corrected chi connectivity index (χ3v) is 3.34. The molecule has 3 heteroatoms. The summed E-state index contributed by atoms with van der Waals surface area (Å²) in [6, 6.07) is 16.3. The van der Waals surface area contributed by atoms with Gasteiger partial charge >= 0.3 is 0 Å². The van der Waals surface area contributed by atoms with Gasteiger partial charge in [0.05, 0.1) is 7.11 Å². The average Bonchev–Trinajstić information content (AvgIpc) is 2.69. The smallest absolute Gasteiger partial charge is 0.131 e. The van der Waals surface area contributed by atoms with Crippen LogP contribution in [0.1, 0.15) is 11.1 Å². The van der Waals surface area contributed by atoms with Crippen LogP contribution in [0.4, 0.5) is 0 Å². The van der Waals surface area contributed by atoms with Gasteiger partial charge in [-0.05, 0) is 23.8 Å². The van der Waals surface area contributed by atoms with Gasteiger partial charge in [-0.1, -0.05) is 30.3 Å². The van der Waals surface area contributed by atoms with Crippen LogP contribution < -0.4 is 9.47 Å². The number of benzene rings is 2. The Morgan fingerprint density at radius 2 is 2.00 bits per heavy atom. The lowest BCUT2D eigenvalue weighted by Crippen LogP contribution is -2.15. The highest BCUT2D eigenvalue weighted by molar-refractivity contribution is 5.41. The van der Waals surface area contributed by atoms with Gasteiger partial charge in [0.25, 0.3) is 0 Å². The predicted molar refractivity (Wildman–Crippen MR) is 78.5 cm³/mol. The molecule has 1 heterocycles. The van der Waals surface area contributed by atoms with Crippen LogP contribution in [0.15, 0.2) is 61.0 Å². The Balaban J connectivity index is 1.81. The normalized spacial score (nSPS) is 13.3. The van der Waals surface area contributed by atoms with Crippen molar-refractivity contribution in [1.82, 2.24) is 4.90 Å². The Morgan fingerprint density at radius 3 is 2.80 bits per heavy atom. The number of ether oxygens (including phenoxy) is 2. The van der Waals surface area contributed by atoms with Gasteiger partial charge in [-0.25, -0.2) is 0 Å². The van der Waals surface area contributed by atoms with E-state index in [0.29, 0.717) is 0 Å². The van der Waals surface area contributed by atoms with E-state index in [1.165, 1.54) is 5.56 Å². The Kier molecular flexibility index (Phi) is 3.59. The van der Waals surface area contributed by atoms with Crippen LogP contribution in [0.3, 0.4) is 0 Å². The molecule has 2 aromatic rings. The van der Waals surface area contributed by atoms with E-state index in [4.69, 9.17) is 9.47 Å². The maximum atomic E-state index is 5.64. The second kappa shape index (κ2) is 5.70. The van der Waals surface area contributed by atoms with Crippen LogP contribution in [-0.2, 0) is 13.1 Å². The van der Waals surface area contributed by atoms with Gasteiger partial charge in [-0.3, -0.25) is 0 Å². The van der Waals surface area contributed by atoms with E-state index in [-0.39, 0.29) is 0 Å². The molecule has 0 atom stereocenters. The van der Waals surface area contributed by atoms with Crippen molar-refractivity contribution in [2.24, 2.45) is 0 Å². The van der Waals surface area contributed by atoms with Crippen molar-refractivity contribution in [1.29, 1.82) is 0 Å². The van der Waals surface area contributed by atoms with Crippen molar-refractivity contribution in [3.05, 3.63) is 72.1 Å². The number of hydrogen-bond donors (Lipinski definition) is 0. The Bertz CT molecular complexity index is 608. The van der Waals surface area contributed by atoms with E-state index in [0.717, 1.165) is 30.2 Å². The minimum atomic E-state index is 0.803. The molecular weight excluding hydrogens is 250 g/mol. The summed E-state index contributed by atoms with van der Waals surface area (Å²) < 4.78 is 10.9. The Morgan fingerprint density at radius 1 is 1.15 bits per heavy atom. The van der Waals surface area contributed by atoms with Crippen LogP contribution in [0.5, 0.6) is 11.5 Å². The molecule has 3 nitrogen and oxygen atoms in total. The van der Waals surface area contributed by atoms with E-state index >= 15 is 0 Å². The maximum absolute atomic E-state index is 5.64. The first-order valence-corrected chi connectivity index (χ1v) is 6.63. The molecule has 0 unspecified atom stereocenters. The number of nitrogens with zero attached hydrogens (tertiary/aromatic N) is 1. The summed E-state index contributed by atoms with van der Waals surface area (Å²) in [7, 11) is 1.68. The lowest BCUT2D eigenvalue weighted by Gasteiger charge is -2.19. The first-order valence-electron chi connectivity index (χ1n) is 6.63. The Labute approximate surface area is 119 Å². The van der Waals surface area contributed by atoms with Crippen LogP contribution in [0, 0.1) is 0 Å². The molecule has 102 valence electrons. The molecule has 0 N–H and O–H groups in total. The highest BCUT2D eigenvalue weighted by Crippen LogP contribution is 2.28. The van der Waals surface area contributed by atoms with Gasteiger partial charge in [-0.15, -0.1) is 0 Å². The fourth-order valence-electron chi connectivity index (χ4n) is 2.31. The number of fused-ring (bicyclic) bond motifs is 1. The van der Waals surface area contributed by atoms with Gasteiger partial charge in [-0.2, -0.15) is 0 Å². The second-order valence-electron chi connectivity index (χ2n) is 4.77. The van der Waals surface area contributed by atoms with Crippen molar-refractivity contribution in [3.63, 3.8) is 0 Å². The van der Waals surface area contributed by atoms with Crippen LogP contribution in [0.25, 0.3) is 0 Å². The van der Waals surface area contributed by atoms with E-state index in [1.54, 1.807) is 13.4 Å². The molecule has 0 aliphatic carbocycles. The predicted octanol–water partition coefficient (Wildman–Crippen LogP) is 3.56. The van der Waals surface area contributed by atoms with Gasteiger partial charge in [0.15, 0.2) is 0 Å². The van der Waals surface area contributed by atoms with Crippen molar-refractivity contribution < 1.29 is 9.47 Å². The van der Waals surface area contributed by atoms with Crippen molar-refractivity contribution in [2.45, 2.75) is 13.1 Å². The summed E-state index contributed by atoms with van der Waals surface area (Å²) in [5.41, 5.74) is 2.41. The van der Waals surface area contributed by atoms with Crippen molar-refractivity contribution >= 4 is 0 Å². The standard InChI is InChI=1S/C17H17NO2/c1-19-16-7-8-17-15(11-16)13-18(9-10-20-17)12-14-5-3-2-4-6-14/h2-11H,12-13H2,1H3. The first-order chi connectivity index (χ1) is 9.85. The quantitative estimate of drug-likeness (QED) is 0.848. The molecule has 0 bridgehead atoms. The molecule has 1 aliphatic heterocycles. The molecule has 0 spiro atoms. The van der Waals surface area contributed by atoms with Crippen LogP contribution in [0.2, 0.25) is 0 Å². The molecule has 0 amide bonds. The van der Waals surface area contributed by atoms with Gasteiger partial charge in [0.1, 0.15) is 17.8 Å². The summed E-state index contributed by atoms with van der Waals surface area (Å²) in [5.74, 6) is 1.74. The fourth-order valence-corrected chi connectivity index (χ4v) is 2.31. The lowest BCUT2D eigenvalue weighted by molar-refractivity contribution is 0.361. The van der Waals surface area contributed by atoms with Crippen LogP contribution in [-0.4, -0.2) is 12.0 Å². The first kappa shape index (κ1) is 12.6. The minimum Gasteiger partial charge on any atom is -0.497 e. The zero-order valence-corrected chi connectivity index (χ0v) is 11.5. The third-order valence-electron chi connectivity index (χ3n) is 3.34. The summed E-state index contributed by atoms with van der Waals surface area (Å²) >= 11 is 0. The van der Waals surface area contributed by atoms with Crippen molar-refractivity contribution in [2.75, 3.05) is 7.11 Å². The third kappa shape index (κ3) is 2.77. The van der Waals surface area contributed by atoms with Crippen molar-refractivity contribution in [3.8, 4) is 11.5 Å². The highest BCUT2D eigenvalue weighted by atomic mass is 16.5. The average molecular weight is 267 g/mol. The van der Waals surface area contributed by atoms with Gasteiger partial charge in [0.2, 0.25) is 0 Å². The lowest BCUT2D eigenvalue weighted by atomic mass is 10.1. The molecule has 0 aromatic heterocycles. The summed E-state index contributed by atoms with van der Waals surface area (Å²) in [6.07, 6.45) is 3.72. The van der Waals surface area contributed by atoms with E-state index in [1.807, 2.05) is 30.5 Å². The minimum absolute atomic E-state index is 0.803. The van der Waals surface area contributed by atoms with E-state index in [2.05, 4.69) is 29.2 Å². The molecule has 0 saturated carbocycles. The molecule has 0 saturated heterocycles. The van der Waals surface area contributed by atoms with Gasteiger partial charge < -0.3 is 14.4 Å². The molecule has 1 aliphatic rings. The Hall–Kier alpha value is -2.42. The summed E-state index contributed by atoms with van der Waals surface area (Å²) in [6.45, 7) is 1.66. The maximum Gasteiger partial charge on any atom is 0.131 e. The monoisotopic (exact) mass is 267 g/mol. The fraction of sp³-hybridized carbons (Fsp3) is 0.176. The number of methoxy groups -OCH3 is 1. The zero-order chi connectivity index (χ0) is 13.8. The highest BCUT2D eigenvalue weighted by Gasteiger charge is 2.12. The molecule has 3 rings (SSSR count). The summed E-state index contributed by atoms with van der Waals surface area (Å²) in [4.78, 5) is 2.22. The van der Waals surface area contributed by atoms with Gasteiger partial charge in [0, 0.05) is 24.9 Å². The molecular formula is C17H17NO2. The second-order valence-corrected chi connectivity index (χ2v) is 4.77. The topological polar surface area (TPSA) is 21.7 Å². The molecule has 20 heavy (non-hydrogen) atoms. The van der Waals surface area contributed by atoms with E-state index < -0.39 is 0 Å². The van der Waals surface area contributed by atoms with Crippen LogP contribution >= 0.6 is 0 Å². The molecule has 0 fully saturated rings. The molecule has 0 radical (unpaired) electrons.